The molecule has 17 heavy (non-hydrogen) atoms. The number of nitrogens with one attached hydrogen (secondary N) is 2. The van der Waals surface area contributed by atoms with Crippen molar-refractivity contribution in [3.8, 4) is 0 Å². The third-order valence-corrected chi connectivity index (χ3v) is 3.81. The smallest absolute Gasteiger partial charge is 0.138 e. The van der Waals surface area contributed by atoms with Crippen LogP contribution in [0.15, 0.2) is 6.33 Å². The summed E-state index contributed by atoms with van der Waals surface area (Å²) in [5.74, 6) is 1.91. The maximum atomic E-state index is 4.14. The van der Waals surface area contributed by atoms with Crippen LogP contribution >= 0.6 is 0 Å². The number of hydrogen-bond donors (Lipinski definition) is 2. The van der Waals surface area contributed by atoms with Crippen LogP contribution in [0.1, 0.15) is 57.7 Å². The van der Waals surface area contributed by atoms with Gasteiger partial charge in [0.1, 0.15) is 12.2 Å². The zero-order valence-electron chi connectivity index (χ0n) is 10.8. The van der Waals surface area contributed by atoms with Crippen LogP contribution in [0.4, 0.5) is 0 Å². The van der Waals surface area contributed by atoms with Crippen molar-refractivity contribution in [3.05, 3.63) is 12.2 Å². The van der Waals surface area contributed by atoms with E-state index in [2.05, 4.69) is 27.4 Å². The molecule has 1 aliphatic carbocycles. The van der Waals surface area contributed by atoms with Crippen LogP contribution in [0.2, 0.25) is 0 Å². The quantitative estimate of drug-likeness (QED) is 0.773. The number of aromatic nitrogens is 3. The maximum Gasteiger partial charge on any atom is 0.138 e. The number of hydrogen-bond acceptors (Lipinski definition) is 3. The molecule has 2 unspecified atom stereocenters. The zero-order chi connectivity index (χ0) is 11.9. The van der Waals surface area contributed by atoms with Gasteiger partial charge in [0.15, 0.2) is 0 Å². The lowest BCUT2D eigenvalue weighted by atomic mass is 9.95. The summed E-state index contributed by atoms with van der Waals surface area (Å²) < 4.78 is 0. The highest BCUT2D eigenvalue weighted by Crippen LogP contribution is 2.26. The van der Waals surface area contributed by atoms with Crippen LogP contribution in [0.5, 0.6) is 0 Å². The third-order valence-electron chi connectivity index (χ3n) is 3.81. The molecule has 2 atom stereocenters. The highest BCUT2D eigenvalue weighted by Gasteiger charge is 2.17. The second-order valence-corrected chi connectivity index (χ2v) is 5.17. The lowest BCUT2D eigenvalue weighted by molar-refractivity contribution is 0.408. The molecule has 0 saturated heterocycles. The van der Waals surface area contributed by atoms with Gasteiger partial charge in [-0.25, -0.2) is 4.98 Å². The molecule has 1 fully saturated rings. The summed E-state index contributed by atoms with van der Waals surface area (Å²) in [7, 11) is 0. The molecular weight excluding hydrogens is 212 g/mol. The molecule has 96 valence electrons. The van der Waals surface area contributed by atoms with Crippen molar-refractivity contribution in [1.29, 1.82) is 0 Å². The maximum absolute atomic E-state index is 4.14. The molecule has 0 bridgehead atoms. The highest BCUT2D eigenvalue weighted by atomic mass is 15.2. The average molecular weight is 236 g/mol. The molecule has 1 saturated carbocycles. The van der Waals surface area contributed by atoms with Crippen molar-refractivity contribution < 1.29 is 0 Å². The van der Waals surface area contributed by atoms with Crippen molar-refractivity contribution in [2.75, 3.05) is 0 Å². The summed E-state index contributed by atoms with van der Waals surface area (Å²) in [6, 6.07) is 0.668. The Morgan fingerprint density at radius 2 is 2.29 bits per heavy atom. The molecular formula is C13H24N4. The van der Waals surface area contributed by atoms with Gasteiger partial charge in [-0.2, -0.15) is 5.10 Å². The molecule has 4 nitrogen and oxygen atoms in total. The van der Waals surface area contributed by atoms with Crippen molar-refractivity contribution in [1.82, 2.24) is 20.5 Å². The number of rotatable bonds is 5. The molecule has 0 aromatic carbocycles. The van der Waals surface area contributed by atoms with E-state index < -0.39 is 0 Å². The Bertz CT molecular complexity index is 296. The Kier molecular flexibility index (Phi) is 4.98. The monoisotopic (exact) mass is 236 g/mol. The normalized spacial score (nSPS) is 25.7. The van der Waals surface area contributed by atoms with Gasteiger partial charge in [-0.3, -0.25) is 5.10 Å². The van der Waals surface area contributed by atoms with Gasteiger partial charge in [0.05, 0.1) is 6.54 Å². The van der Waals surface area contributed by atoms with E-state index in [1.54, 1.807) is 6.33 Å². The Hall–Kier alpha value is -0.900. The van der Waals surface area contributed by atoms with Gasteiger partial charge in [-0.15, -0.1) is 0 Å². The van der Waals surface area contributed by atoms with Gasteiger partial charge in [0, 0.05) is 6.04 Å². The Balaban J connectivity index is 1.71. The molecule has 0 aliphatic heterocycles. The molecule has 2 N–H and O–H groups in total. The molecule has 1 aliphatic rings. The van der Waals surface area contributed by atoms with E-state index in [1.165, 1.54) is 44.9 Å². The lowest BCUT2D eigenvalue weighted by Crippen LogP contribution is -2.28. The Morgan fingerprint density at radius 1 is 1.35 bits per heavy atom. The summed E-state index contributed by atoms with van der Waals surface area (Å²) in [5.41, 5.74) is 0. The minimum Gasteiger partial charge on any atom is -0.307 e. The molecule has 1 heterocycles. The third kappa shape index (κ3) is 4.11. The van der Waals surface area contributed by atoms with Crippen molar-refractivity contribution >= 4 is 0 Å². The van der Waals surface area contributed by atoms with Crippen molar-refractivity contribution in [2.45, 2.75) is 64.5 Å². The predicted molar refractivity (Wildman–Crippen MR) is 68.5 cm³/mol. The topological polar surface area (TPSA) is 53.6 Å². The molecule has 4 heteroatoms. The first-order valence-corrected chi connectivity index (χ1v) is 6.96. The highest BCUT2D eigenvalue weighted by molar-refractivity contribution is 4.82. The van der Waals surface area contributed by atoms with Crippen molar-refractivity contribution in [2.24, 2.45) is 5.92 Å². The summed E-state index contributed by atoms with van der Waals surface area (Å²) in [6.07, 6.45) is 11.1. The Morgan fingerprint density at radius 3 is 3.06 bits per heavy atom. The van der Waals surface area contributed by atoms with Crippen LogP contribution < -0.4 is 5.32 Å². The predicted octanol–water partition coefficient (Wildman–Crippen LogP) is 2.64. The molecule has 0 spiro atoms. The summed E-state index contributed by atoms with van der Waals surface area (Å²) in [4.78, 5) is 4.14. The van der Waals surface area contributed by atoms with E-state index >= 15 is 0 Å². The Labute approximate surface area is 104 Å². The van der Waals surface area contributed by atoms with Crippen molar-refractivity contribution in [3.63, 3.8) is 0 Å². The van der Waals surface area contributed by atoms with Gasteiger partial charge < -0.3 is 5.32 Å². The fourth-order valence-electron chi connectivity index (χ4n) is 2.84. The first-order valence-electron chi connectivity index (χ1n) is 6.96. The zero-order valence-corrected chi connectivity index (χ0v) is 10.8. The fourth-order valence-corrected chi connectivity index (χ4v) is 2.84. The molecule has 0 amide bonds. The van der Waals surface area contributed by atoms with Crippen LogP contribution in [0.25, 0.3) is 0 Å². The van der Waals surface area contributed by atoms with E-state index in [9.17, 15) is 0 Å². The summed E-state index contributed by atoms with van der Waals surface area (Å²) in [5, 5.41) is 10.4. The van der Waals surface area contributed by atoms with Gasteiger partial charge >= 0.3 is 0 Å². The molecule has 0 radical (unpaired) electrons. The minimum absolute atomic E-state index is 0.668. The second kappa shape index (κ2) is 6.74. The van der Waals surface area contributed by atoms with E-state index in [-0.39, 0.29) is 0 Å². The second-order valence-electron chi connectivity index (χ2n) is 5.17. The molecule has 2 rings (SSSR count). The summed E-state index contributed by atoms with van der Waals surface area (Å²) in [6.45, 7) is 3.12. The average Bonchev–Trinajstić information content (AvgIpc) is 2.75. The van der Waals surface area contributed by atoms with E-state index in [4.69, 9.17) is 0 Å². The first kappa shape index (κ1) is 12.6. The lowest BCUT2D eigenvalue weighted by Gasteiger charge is -2.15. The van der Waals surface area contributed by atoms with Crippen LogP contribution in [0, 0.1) is 5.92 Å². The fraction of sp³-hybridized carbons (Fsp3) is 0.846. The van der Waals surface area contributed by atoms with Gasteiger partial charge in [0.25, 0.3) is 0 Å². The SMILES string of the molecule is CCCC1CCCC(NCc2ncn[nH]2)CC1. The standard InChI is InChI=1S/C13H24N4/c1-2-4-11-5-3-6-12(8-7-11)14-9-13-15-10-16-17-13/h10-12,14H,2-9H2,1H3,(H,15,16,17). The molecule has 1 aromatic rings. The van der Waals surface area contributed by atoms with Gasteiger partial charge in [-0.1, -0.05) is 32.6 Å². The van der Waals surface area contributed by atoms with E-state index in [0.717, 1.165) is 18.3 Å². The number of nitrogens with zero attached hydrogens (tertiary/aromatic N) is 2. The van der Waals surface area contributed by atoms with E-state index in [0.29, 0.717) is 6.04 Å². The van der Waals surface area contributed by atoms with Crippen LogP contribution in [0.3, 0.4) is 0 Å². The minimum atomic E-state index is 0.668. The first-order chi connectivity index (χ1) is 8.38. The molecule has 1 aromatic heterocycles. The summed E-state index contributed by atoms with van der Waals surface area (Å²) >= 11 is 0. The number of aromatic amines is 1. The number of H-pyrrole nitrogens is 1. The van der Waals surface area contributed by atoms with E-state index in [1.807, 2.05) is 0 Å². The van der Waals surface area contributed by atoms with Gasteiger partial charge in [-0.05, 0) is 25.2 Å². The van der Waals surface area contributed by atoms with Crippen LogP contribution in [-0.4, -0.2) is 21.2 Å². The largest absolute Gasteiger partial charge is 0.307 e. The van der Waals surface area contributed by atoms with Gasteiger partial charge in [0.2, 0.25) is 0 Å². The van der Waals surface area contributed by atoms with Crippen LogP contribution in [-0.2, 0) is 6.54 Å².